The van der Waals surface area contributed by atoms with E-state index in [-0.39, 0.29) is 18.0 Å². The molecule has 1 aliphatic rings. The highest BCUT2D eigenvalue weighted by molar-refractivity contribution is 5.95. The maximum atomic E-state index is 12.5. The zero-order valence-corrected chi connectivity index (χ0v) is 14.7. The molecule has 5 nitrogen and oxygen atoms in total. The number of fused-ring (bicyclic) bond motifs is 1. The van der Waals surface area contributed by atoms with Gasteiger partial charge in [0.15, 0.2) is 0 Å². The Hall–Kier alpha value is -2.30. The number of anilines is 2. The van der Waals surface area contributed by atoms with Gasteiger partial charge in [0, 0.05) is 17.8 Å². The number of hydrogen-bond acceptors (Lipinski definition) is 3. The first-order chi connectivity index (χ1) is 11.6. The summed E-state index contributed by atoms with van der Waals surface area (Å²) in [5.41, 5.74) is 3.87. The van der Waals surface area contributed by atoms with Gasteiger partial charge in [-0.2, -0.15) is 5.10 Å². The summed E-state index contributed by atoms with van der Waals surface area (Å²) in [7, 11) is 0. The van der Waals surface area contributed by atoms with Gasteiger partial charge in [0.2, 0.25) is 5.91 Å². The van der Waals surface area contributed by atoms with Gasteiger partial charge in [-0.3, -0.25) is 4.79 Å². The molecule has 0 saturated heterocycles. The minimum atomic E-state index is -0.311. The number of carbonyl (C=O) groups is 1. The number of hydrogen-bond donors (Lipinski definition) is 2. The summed E-state index contributed by atoms with van der Waals surface area (Å²) in [6, 6.07) is 8.08. The fourth-order valence-electron chi connectivity index (χ4n) is 3.27. The molecule has 1 aliphatic carbocycles. The summed E-state index contributed by atoms with van der Waals surface area (Å²) >= 11 is 0. The summed E-state index contributed by atoms with van der Waals surface area (Å²) < 4.78 is 1.81. The Morgan fingerprint density at radius 2 is 1.96 bits per heavy atom. The number of amides is 1. The van der Waals surface area contributed by atoms with Gasteiger partial charge in [-0.15, -0.1) is 0 Å². The number of aryl methyl sites for hydroxylation is 1. The quantitative estimate of drug-likeness (QED) is 0.879. The largest absolute Gasteiger partial charge is 0.374 e. The predicted molar refractivity (Wildman–Crippen MR) is 97.4 cm³/mol. The second kappa shape index (κ2) is 7.07. The lowest BCUT2D eigenvalue weighted by Gasteiger charge is -2.23. The summed E-state index contributed by atoms with van der Waals surface area (Å²) in [6.45, 7) is 5.98. The molecule has 0 spiro atoms. The fourth-order valence-corrected chi connectivity index (χ4v) is 3.27. The van der Waals surface area contributed by atoms with Crippen molar-refractivity contribution in [3.63, 3.8) is 0 Å². The van der Waals surface area contributed by atoms with Gasteiger partial charge in [-0.25, -0.2) is 4.68 Å². The van der Waals surface area contributed by atoms with E-state index < -0.39 is 0 Å². The molecule has 1 heterocycles. The van der Waals surface area contributed by atoms with E-state index in [9.17, 15) is 4.79 Å². The van der Waals surface area contributed by atoms with Crippen molar-refractivity contribution in [3.05, 3.63) is 41.6 Å². The molecule has 0 aliphatic heterocycles. The molecule has 1 atom stereocenters. The number of carbonyl (C=O) groups excluding carboxylic acids is 1. The number of nitrogens with one attached hydrogen (secondary N) is 2. The van der Waals surface area contributed by atoms with Crippen molar-refractivity contribution >= 4 is 17.4 Å². The van der Waals surface area contributed by atoms with E-state index in [0.717, 1.165) is 24.3 Å². The van der Waals surface area contributed by atoms with E-state index in [1.807, 2.05) is 31.5 Å². The van der Waals surface area contributed by atoms with E-state index in [1.165, 1.54) is 24.0 Å². The highest BCUT2D eigenvalue weighted by Crippen LogP contribution is 2.28. The molecule has 128 valence electrons. The van der Waals surface area contributed by atoms with Crippen molar-refractivity contribution in [1.82, 2.24) is 9.78 Å². The maximum absolute atomic E-state index is 12.5. The monoisotopic (exact) mass is 326 g/mol. The molecule has 1 amide bonds. The van der Waals surface area contributed by atoms with E-state index in [1.54, 1.807) is 6.20 Å². The summed E-state index contributed by atoms with van der Waals surface area (Å²) in [5.74, 6) is 0.685. The van der Waals surface area contributed by atoms with Gasteiger partial charge in [0.05, 0.1) is 6.20 Å². The molecule has 0 saturated carbocycles. The SMILES string of the molecule is CC(C)n1nccc1NC(=O)[C@H](C)Nc1cccc2c1CCCC2. The maximum Gasteiger partial charge on any atom is 0.247 e. The zero-order chi connectivity index (χ0) is 17.1. The van der Waals surface area contributed by atoms with Crippen molar-refractivity contribution < 1.29 is 4.79 Å². The van der Waals surface area contributed by atoms with Crippen molar-refractivity contribution in [2.45, 2.75) is 58.5 Å². The van der Waals surface area contributed by atoms with Crippen LogP contribution in [0.1, 0.15) is 50.8 Å². The molecule has 5 heteroatoms. The molecular formula is C19H26N4O. The number of rotatable bonds is 5. The summed E-state index contributed by atoms with van der Waals surface area (Å²) in [5, 5.41) is 10.6. The second-order valence-electron chi connectivity index (χ2n) is 6.76. The topological polar surface area (TPSA) is 59.0 Å². The van der Waals surface area contributed by atoms with Crippen molar-refractivity contribution in [2.75, 3.05) is 10.6 Å². The van der Waals surface area contributed by atoms with Gasteiger partial charge >= 0.3 is 0 Å². The highest BCUT2D eigenvalue weighted by Gasteiger charge is 2.19. The van der Waals surface area contributed by atoms with Crippen LogP contribution < -0.4 is 10.6 Å². The Bertz CT molecular complexity index is 720. The highest BCUT2D eigenvalue weighted by atomic mass is 16.2. The molecule has 1 aromatic carbocycles. The Balaban J connectivity index is 1.70. The van der Waals surface area contributed by atoms with E-state index in [4.69, 9.17) is 0 Å². The van der Waals surface area contributed by atoms with Crippen LogP contribution in [-0.4, -0.2) is 21.7 Å². The third-order valence-electron chi connectivity index (χ3n) is 4.57. The number of nitrogens with zero attached hydrogens (tertiary/aromatic N) is 2. The smallest absolute Gasteiger partial charge is 0.247 e. The minimum Gasteiger partial charge on any atom is -0.374 e. The van der Waals surface area contributed by atoms with Crippen LogP contribution in [0.3, 0.4) is 0 Å². The fraction of sp³-hybridized carbons (Fsp3) is 0.474. The second-order valence-corrected chi connectivity index (χ2v) is 6.76. The third kappa shape index (κ3) is 3.45. The Kier molecular flexibility index (Phi) is 4.88. The Morgan fingerprint density at radius 3 is 2.75 bits per heavy atom. The molecule has 0 unspecified atom stereocenters. The van der Waals surface area contributed by atoms with E-state index in [0.29, 0.717) is 0 Å². The standard InChI is InChI=1S/C19H26N4O/c1-13(2)23-18(11-12-20-23)22-19(24)14(3)21-17-10-6-8-15-7-4-5-9-16(15)17/h6,8,10-14,21H,4-5,7,9H2,1-3H3,(H,22,24)/t14-/m0/s1. The van der Waals surface area contributed by atoms with Gasteiger partial charge in [-0.1, -0.05) is 12.1 Å². The molecule has 2 aromatic rings. The van der Waals surface area contributed by atoms with Crippen LogP contribution in [0.2, 0.25) is 0 Å². The van der Waals surface area contributed by atoms with Crippen LogP contribution in [-0.2, 0) is 17.6 Å². The van der Waals surface area contributed by atoms with Crippen LogP contribution >= 0.6 is 0 Å². The van der Waals surface area contributed by atoms with E-state index in [2.05, 4.69) is 33.9 Å². The lowest BCUT2D eigenvalue weighted by molar-refractivity contribution is -0.116. The summed E-state index contributed by atoms with van der Waals surface area (Å²) in [4.78, 5) is 12.5. The van der Waals surface area contributed by atoms with E-state index >= 15 is 0 Å². The zero-order valence-electron chi connectivity index (χ0n) is 14.7. The molecule has 3 rings (SSSR count). The molecule has 2 N–H and O–H groups in total. The lowest BCUT2D eigenvalue weighted by Crippen LogP contribution is -2.33. The summed E-state index contributed by atoms with van der Waals surface area (Å²) in [6.07, 6.45) is 6.42. The first-order valence-electron chi connectivity index (χ1n) is 8.78. The number of benzene rings is 1. The lowest BCUT2D eigenvalue weighted by atomic mass is 9.90. The molecule has 24 heavy (non-hydrogen) atoms. The predicted octanol–water partition coefficient (Wildman–Crippen LogP) is 3.78. The van der Waals surface area contributed by atoms with Crippen LogP contribution in [0.4, 0.5) is 11.5 Å². The molecule has 0 radical (unpaired) electrons. The molecule has 1 aromatic heterocycles. The van der Waals surface area contributed by atoms with Gasteiger partial charge in [-0.05, 0) is 63.6 Å². The van der Waals surface area contributed by atoms with Crippen molar-refractivity contribution in [3.8, 4) is 0 Å². The normalized spacial score (nSPS) is 15.0. The van der Waals surface area contributed by atoms with Gasteiger partial charge < -0.3 is 10.6 Å². The van der Waals surface area contributed by atoms with Crippen molar-refractivity contribution in [1.29, 1.82) is 0 Å². The van der Waals surface area contributed by atoms with Crippen LogP contribution in [0, 0.1) is 0 Å². The first-order valence-corrected chi connectivity index (χ1v) is 8.78. The average molecular weight is 326 g/mol. The Labute approximate surface area is 143 Å². The minimum absolute atomic E-state index is 0.0502. The molecule has 0 bridgehead atoms. The first kappa shape index (κ1) is 16.6. The van der Waals surface area contributed by atoms with Crippen molar-refractivity contribution in [2.24, 2.45) is 0 Å². The number of aromatic nitrogens is 2. The van der Waals surface area contributed by atoms with Crippen LogP contribution in [0.25, 0.3) is 0 Å². The van der Waals surface area contributed by atoms with Crippen LogP contribution in [0.5, 0.6) is 0 Å². The molecule has 0 fully saturated rings. The van der Waals surface area contributed by atoms with Crippen LogP contribution in [0.15, 0.2) is 30.5 Å². The Morgan fingerprint density at radius 1 is 1.17 bits per heavy atom. The molecular weight excluding hydrogens is 300 g/mol. The average Bonchev–Trinajstić information content (AvgIpc) is 3.03. The van der Waals surface area contributed by atoms with Gasteiger partial charge in [0.1, 0.15) is 11.9 Å². The third-order valence-corrected chi connectivity index (χ3v) is 4.57. The van der Waals surface area contributed by atoms with Gasteiger partial charge in [0.25, 0.3) is 0 Å².